The van der Waals surface area contributed by atoms with Crippen molar-refractivity contribution in [2.24, 2.45) is 0 Å². The fourth-order valence-corrected chi connectivity index (χ4v) is 2.55. The maximum atomic E-state index is 11.9. The second kappa shape index (κ2) is 9.92. The molecule has 0 saturated carbocycles. The lowest BCUT2D eigenvalue weighted by molar-refractivity contribution is -0.120. The molecule has 5 nitrogen and oxygen atoms in total. The van der Waals surface area contributed by atoms with Crippen molar-refractivity contribution in [1.29, 1.82) is 0 Å². The Bertz CT molecular complexity index is 894. The van der Waals surface area contributed by atoms with Crippen LogP contribution in [0.2, 0.25) is 0 Å². The zero-order valence-electron chi connectivity index (χ0n) is 15.4. The lowest BCUT2D eigenvalue weighted by atomic mass is 10.1. The zero-order valence-corrected chi connectivity index (χ0v) is 15.4. The highest BCUT2D eigenvalue weighted by Crippen LogP contribution is 2.12. The summed E-state index contributed by atoms with van der Waals surface area (Å²) in [6, 6.07) is 26.3. The average molecular weight is 374 g/mol. The molecule has 2 N–H and O–H groups in total. The highest BCUT2D eigenvalue weighted by molar-refractivity contribution is 5.96. The molecule has 0 aliphatic rings. The van der Waals surface area contributed by atoms with E-state index in [1.54, 1.807) is 24.3 Å². The SMILES string of the molecule is O=C(CNC(=O)c1ccccc1)NCc1ccc(COc2ccccc2)cc1. The maximum Gasteiger partial charge on any atom is 0.251 e. The minimum atomic E-state index is -0.265. The van der Waals surface area contributed by atoms with E-state index in [-0.39, 0.29) is 18.4 Å². The summed E-state index contributed by atoms with van der Waals surface area (Å²) >= 11 is 0. The van der Waals surface area contributed by atoms with Gasteiger partial charge in [0.25, 0.3) is 5.91 Å². The van der Waals surface area contributed by atoms with Crippen LogP contribution in [0.4, 0.5) is 0 Å². The van der Waals surface area contributed by atoms with Crippen LogP contribution < -0.4 is 15.4 Å². The zero-order chi connectivity index (χ0) is 19.6. The summed E-state index contributed by atoms with van der Waals surface area (Å²) in [6.45, 7) is 0.832. The van der Waals surface area contributed by atoms with Crippen molar-refractivity contribution < 1.29 is 14.3 Å². The molecule has 0 saturated heterocycles. The normalized spacial score (nSPS) is 10.1. The van der Waals surface area contributed by atoms with E-state index in [9.17, 15) is 9.59 Å². The summed E-state index contributed by atoms with van der Waals surface area (Å²) in [6.07, 6.45) is 0. The van der Waals surface area contributed by atoms with Gasteiger partial charge in [0.2, 0.25) is 5.91 Å². The van der Waals surface area contributed by atoms with Gasteiger partial charge in [-0.3, -0.25) is 9.59 Å². The lowest BCUT2D eigenvalue weighted by Gasteiger charge is -2.09. The van der Waals surface area contributed by atoms with E-state index in [1.165, 1.54) is 0 Å². The van der Waals surface area contributed by atoms with Crippen molar-refractivity contribution in [3.63, 3.8) is 0 Å². The first-order valence-electron chi connectivity index (χ1n) is 9.06. The quantitative estimate of drug-likeness (QED) is 0.636. The predicted molar refractivity (Wildman–Crippen MR) is 108 cm³/mol. The van der Waals surface area contributed by atoms with Gasteiger partial charge < -0.3 is 15.4 Å². The molecule has 3 aromatic rings. The molecule has 0 radical (unpaired) electrons. The Morgan fingerprint density at radius 3 is 2.00 bits per heavy atom. The number of hydrogen-bond acceptors (Lipinski definition) is 3. The number of para-hydroxylation sites is 1. The van der Waals surface area contributed by atoms with Crippen LogP contribution in [0, 0.1) is 0 Å². The highest BCUT2D eigenvalue weighted by atomic mass is 16.5. The Morgan fingerprint density at radius 2 is 1.32 bits per heavy atom. The Balaban J connectivity index is 1.39. The van der Waals surface area contributed by atoms with Gasteiger partial charge in [-0.2, -0.15) is 0 Å². The lowest BCUT2D eigenvalue weighted by Crippen LogP contribution is -2.36. The van der Waals surface area contributed by atoms with Crippen LogP contribution in [0.25, 0.3) is 0 Å². The van der Waals surface area contributed by atoms with Crippen LogP contribution in [0.5, 0.6) is 5.75 Å². The third-order valence-electron chi connectivity index (χ3n) is 4.11. The minimum absolute atomic E-state index is 0.0588. The van der Waals surface area contributed by atoms with Crippen LogP contribution in [0.15, 0.2) is 84.9 Å². The Kier molecular flexibility index (Phi) is 6.79. The number of benzene rings is 3. The minimum Gasteiger partial charge on any atom is -0.489 e. The van der Waals surface area contributed by atoms with Gasteiger partial charge >= 0.3 is 0 Å². The van der Waals surface area contributed by atoms with Gasteiger partial charge in [0.1, 0.15) is 12.4 Å². The Labute approximate surface area is 164 Å². The van der Waals surface area contributed by atoms with E-state index in [0.717, 1.165) is 16.9 Å². The van der Waals surface area contributed by atoms with Crippen molar-refractivity contribution in [2.75, 3.05) is 6.54 Å². The summed E-state index contributed by atoms with van der Waals surface area (Å²) in [7, 11) is 0. The van der Waals surface area contributed by atoms with Crippen LogP contribution >= 0.6 is 0 Å². The topological polar surface area (TPSA) is 67.4 Å². The third-order valence-corrected chi connectivity index (χ3v) is 4.11. The largest absolute Gasteiger partial charge is 0.489 e. The van der Waals surface area contributed by atoms with E-state index in [1.807, 2.05) is 60.7 Å². The second-order valence-corrected chi connectivity index (χ2v) is 6.24. The summed E-state index contributed by atoms with van der Waals surface area (Å²) in [5, 5.41) is 5.41. The average Bonchev–Trinajstić information content (AvgIpc) is 2.76. The van der Waals surface area contributed by atoms with E-state index < -0.39 is 0 Å². The van der Waals surface area contributed by atoms with Gasteiger partial charge in [-0.15, -0.1) is 0 Å². The molecule has 0 fully saturated rings. The monoisotopic (exact) mass is 374 g/mol. The van der Waals surface area contributed by atoms with Crippen molar-refractivity contribution in [2.45, 2.75) is 13.2 Å². The van der Waals surface area contributed by atoms with Crippen molar-refractivity contribution in [3.8, 4) is 5.75 Å². The number of carbonyl (C=O) groups is 2. The molecule has 5 heteroatoms. The number of nitrogens with one attached hydrogen (secondary N) is 2. The van der Waals surface area contributed by atoms with Crippen molar-refractivity contribution >= 4 is 11.8 Å². The molecule has 0 aliphatic heterocycles. The molecule has 0 unspecified atom stereocenters. The van der Waals surface area contributed by atoms with Gasteiger partial charge in [-0.1, -0.05) is 60.7 Å². The molecule has 0 aliphatic carbocycles. The maximum absolute atomic E-state index is 11.9. The van der Waals surface area contributed by atoms with Crippen LogP contribution in [0.3, 0.4) is 0 Å². The number of ether oxygens (including phenoxy) is 1. The molecule has 3 aromatic carbocycles. The molecule has 0 aromatic heterocycles. The van der Waals surface area contributed by atoms with Crippen molar-refractivity contribution in [3.05, 3.63) is 102 Å². The van der Waals surface area contributed by atoms with E-state index >= 15 is 0 Å². The molecule has 0 bridgehead atoms. The molecule has 0 atom stereocenters. The fraction of sp³-hybridized carbons (Fsp3) is 0.130. The first-order valence-corrected chi connectivity index (χ1v) is 9.06. The summed E-state index contributed by atoms with van der Waals surface area (Å²) < 4.78 is 5.71. The molecule has 3 rings (SSSR count). The predicted octanol–water partition coefficient (Wildman–Crippen LogP) is 3.31. The molecule has 2 amide bonds. The van der Waals surface area contributed by atoms with Gasteiger partial charge in [0, 0.05) is 12.1 Å². The van der Waals surface area contributed by atoms with Crippen molar-refractivity contribution in [1.82, 2.24) is 10.6 Å². The van der Waals surface area contributed by atoms with Gasteiger partial charge in [-0.25, -0.2) is 0 Å². The van der Waals surface area contributed by atoms with Crippen LogP contribution in [-0.2, 0) is 17.9 Å². The van der Waals surface area contributed by atoms with Crippen LogP contribution in [-0.4, -0.2) is 18.4 Å². The first-order chi connectivity index (χ1) is 13.7. The molecular weight excluding hydrogens is 352 g/mol. The molecular formula is C23H22N2O3. The standard InChI is InChI=1S/C23H22N2O3/c26-22(16-25-23(27)20-7-3-1-4-8-20)24-15-18-11-13-19(14-12-18)17-28-21-9-5-2-6-10-21/h1-14H,15-17H2,(H,24,26)(H,25,27). The van der Waals surface area contributed by atoms with Gasteiger partial charge in [0.15, 0.2) is 0 Å². The van der Waals surface area contributed by atoms with Gasteiger partial charge in [-0.05, 0) is 35.4 Å². The second-order valence-electron chi connectivity index (χ2n) is 6.24. The number of rotatable bonds is 8. The van der Waals surface area contributed by atoms with E-state index in [0.29, 0.717) is 18.7 Å². The summed E-state index contributed by atoms with van der Waals surface area (Å²) in [5.41, 5.74) is 2.56. The molecule has 142 valence electrons. The molecule has 0 heterocycles. The van der Waals surface area contributed by atoms with E-state index in [2.05, 4.69) is 10.6 Å². The summed E-state index contributed by atoms with van der Waals surface area (Å²) in [4.78, 5) is 23.9. The molecule has 0 spiro atoms. The Morgan fingerprint density at radius 1 is 0.714 bits per heavy atom. The Hall–Kier alpha value is -3.60. The van der Waals surface area contributed by atoms with E-state index in [4.69, 9.17) is 4.74 Å². The molecule has 28 heavy (non-hydrogen) atoms. The number of hydrogen-bond donors (Lipinski definition) is 2. The summed E-state index contributed by atoms with van der Waals surface area (Å²) in [5.74, 6) is 0.329. The highest BCUT2D eigenvalue weighted by Gasteiger charge is 2.07. The van der Waals surface area contributed by atoms with Crippen LogP contribution in [0.1, 0.15) is 21.5 Å². The van der Waals surface area contributed by atoms with Gasteiger partial charge in [0.05, 0.1) is 6.54 Å². The number of carbonyl (C=O) groups excluding carboxylic acids is 2. The first kappa shape index (κ1) is 19.2. The smallest absolute Gasteiger partial charge is 0.251 e. The third kappa shape index (κ3) is 5.99. The number of amides is 2. The fourth-order valence-electron chi connectivity index (χ4n) is 2.55.